The molecule has 0 unspecified atom stereocenters. The minimum Gasteiger partial charge on any atom is -0.478 e. The summed E-state index contributed by atoms with van der Waals surface area (Å²) in [4.78, 5) is 26.8. The molecule has 1 aromatic carbocycles. The highest BCUT2D eigenvalue weighted by atomic mass is 16.4. The van der Waals surface area contributed by atoms with Crippen molar-refractivity contribution in [3.05, 3.63) is 53.2 Å². The number of carbonyl (C=O) groups excluding carboxylic acids is 1. The minimum atomic E-state index is -1.04. The van der Waals surface area contributed by atoms with Gasteiger partial charge in [0.1, 0.15) is 5.76 Å². The quantitative estimate of drug-likeness (QED) is 0.862. The average molecular weight is 274 g/mol. The minimum absolute atomic E-state index is 0.00215. The van der Waals surface area contributed by atoms with Crippen LogP contribution in [0.4, 0.5) is 0 Å². The first-order chi connectivity index (χ1) is 9.56. The Kier molecular flexibility index (Phi) is 4.14. The summed E-state index contributed by atoms with van der Waals surface area (Å²) in [6.07, 6.45) is 1.57. The Morgan fingerprint density at radius 2 is 2.10 bits per heavy atom. The number of nitrogens with one attached hydrogen (secondary N) is 1. The number of benzene rings is 1. The van der Waals surface area contributed by atoms with Crippen LogP contribution in [0.15, 0.2) is 34.9 Å². The largest absolute Gasteiger partial charge is 0.478 e. The van der Waals surface area contributed by atoms with Crippen LogP contribution in [0.1, 0.15) is 27.6 Å². The summed E-state index contributed by atoms with van der Waals surface area (Å²) in [6.45, 7) is 1.95. The molecule has 0 saturated carbocycles. The van der Waals surface area contributed by atoms with E-state index < -0.39 is 5.97 Å². The highest BCUT2D eigenvalue weighted by molar-refractivity contribution is 5.91. The molecule has 0 atom stereocenters. The van der Waals surface area contributed by atoms with Crippen LogP contribution in [-0.4, -0.2) is 22.0 Å². The maximum atomic E-state index is 11.8. The molecule has 0 aliphatic carbocycles. The number of amides is 1. The van der Waals surface area contributed by atoms with Crippen molar-refractivity contribution >= 4 is 11.9 Å². The van der Waals surface area contributed by atoms with Gasteiger partial charge in [-0.2, -0.15) is 0 Å². The zero-order chi connectivity index (χ0) is 14.5. The highest BCUT2D eigenvalue weighted by Gasteiger charge is 2.12. The molecule has 1 heterocycles. The molecule has 0 fully saturated rings. The van der Waals surface area contributed by atoms with Crippen molar-refractivity contribution in [2.75, 3.05) is 0 Å². The number of hydrogen-bond donors (Lipinski definition) is 2. The molecule has 0 aliphatic heterocycles. The van der Waals surface area contributed by atoms with Crippen LogP contribution in [0.25, 0.3) is 0 Å². The summed E-state index contributed by atoms with van der Waals surface area (Å²) in [5.74, 6) is -0.237. The van der Waals surface area contributed by atoms with Gasteiger partial charge in [0.05, 0.1) is 24.7 Å². The van der Waals surface area contributed by atoms with Gasteiger partial charge >= 0.3 is 5.97 Å². The van der Waals surface area contributed by atoms with Gasteiger partial charge in [-0.1, -0.05) is 18.2 Å². The van der Waals surface area contributed by atoms with Gasteiger partial charge in [0.2, 0.25) is 11.8 Å². The molecule has 6 heteroatoms. The molecule has 0 bridgehead atoms. The van der Waals surface area contributed by atoms with Crippen molar-refractivity contribution in [1.29, 1.82) is 0 Å². The van der Waals surface area contributed by atoms with Gasteiger partial charge in [-0.3, -0.25) is 4.79 Å². The molecule has 6 nitrogen and oxygen atoms in total. The van der Waals surface area contributed by atoms with Gasteiger partial charge in [-0.05, 0) is 18.6 Å². The zero-order valence-electron chi connectivity index (χ0n) is 10.9. The van der Waals surface area contributed by atoms with Crippen LogP contribution < -0.4 is 5.32 Å². The number of aromatic carboxylic acids is 1. The van der Waals surface area contributed by atoms with E-state index in [2.05, 4.69) is 10.3 Å². The molecule has 20 heavy (non-hydrogen) atoms. The van der Waals surface area contributed by atoms with Gasteiger partial charge in [0.25, 0.3) is 0 Å². The fourth-order valence-electron chi connectivity index (χ4n) is 1.78. The van der Waals surface area contributed by atoms with Crippen LogP contribution in [0.2, 0.25) is 0 Å². The molecular weight excluding hydrogens is 260 g/mol. The lowest BCUT2D eigenvalue weighted by Crippen LogP contribution is -2.25. The second-order valence-corrected chi connectivity index (χ2v) is 4.28. The number of hydrogen-bond acceptors (Lipinski definition) is 4. The van der Waals surface area contributed by atoms with E-state index in [1.807, 2.05) is 0 Å². The van der Waals surface area contributed by atoms with Gasteiger partial charge in [0, 0.05) is 0 Å². The average Bonchev–Trinajstić information content (AvgIpc) is 2.83. The lowest BCUT2D eigenvalue weighted by atomic mass is 10.0. The van der Waals surface area contributed by atoms with E-state index in [-0.39, 0.29) is 24.4 Å². The molecule has 0 radical (unpaired) electrons. The Hall–Kier alpha value is -2.63. The van der Waals surface area contributed by atoms with Crippen LogP contribution >= 0.6 is 0 Å². The predicted molar refractivity (Wildman–Crippen MR) is 70.2 cm³/mol. The van der Waals surface area contributed by atoms with Crippen molar-refractivity contribution in [2.24, 2.45) is 0 Å². The van der Waals surface area contributed by atoms with E-state index >= 15 is 0 Å². The third-order valence-corrected chi connectivity index (χ3v) is 2.70. The number of oxazole rings is 1. The van der Waals surface area contributed by atoms with Gasteiger partial charge in [0.15, 0.2) is 0 Å². The molecule has 1 amide bonds. The second-order valence-electron chi connectivity index (χ2n) is 4.28. The topological polar surface area (TPSA) is 92.4 Å². The van der Waals surface area contributed by atoms with Crippen LogP contribution in [-0.2, 0) is 17.8 Å². The van der Waals surface area contributed by atoms with Gasteiger partial charge < -0.3 is 14.8 Å². The van der Waals surface area contributed by atoms with Crippen molar-refractivity contribution in [2.45, 2.75) is 19.9 Å². The fourth-order valence-corrected chi connectivity index (χ4v) is 1.78. The predicted octanol–water partition coefficient (Wildman–Crippen LogP) is 1.54. The van der Waals surface area contributed by atoms with Crippen molar-refractivity contribution in [3.8, 4) is 0 Å². The van der Waals surface area contributed by atoms with Crippen molar-refractivity contribution < 1.29 is 19.1 Å². The maximum Gasteiger partial charge on any atom is 0.335 e. The third kappa shape index (κ3) is 3.44. The molecule has 1 aromatic heterocycles. The number of rotatable bonds is 5. The Morgan fingerprint density at radius 1 is 1.35 bits per heavy atom. The summed E-state index contributed by atoms with van der Waals surface area (Å²) >= 11 is 0. The van der Waals surface area contributed by atoms with E-state index in [4.69, 9.17) is 9.52 Å². The molecule has 104 valence electrons. The van der Waals surface area contributed by atoms with E-state index in [1.54, 1.807) is 31.3 Å². The Balaban J connectivity index is 1.96. The summed E-state index contributed by atoms with van der Waals surface area (Å²) < 4.78 is 5.23. The number of aromatic nitrogens is 1. The fraction of sp³-hybridized carbons (Fsp3) is 0.214. The molecule has 2 rings (SSSR count). The maximum absolute atomic E-state index is 11.8. The lowest BCUT2D eigenvalue weighted by molar-refractivity contribution is -0.120. The molecule has 0 aliphatic rings. The Labute approximate surface area is 115 Å². The standard InChI is InChI=1S/C14H14N2O4/c1-9-7-16-13(20-9)8-15-12(17)6-10-4-2-3-5-11(10)14(18)19/h2-5,7H,6,8H2,1H3,(H,15,17)(H,18,19). The van der Waals surface area contributed by atoms with Crippen LogP contribution in [0.3, 0.4) is 0 Å². The van der Waals surface area contributed by atoms with Crippen LogP contribution in [0, 0.1) is 6.92 Å². The first kappa shape index (κ1) is 13.8. The first-order valence-corrected chi connectivity index (χ1v) is 6.05. The van der Waals surface area contributed by atoms with E-state index in [0.717, 1.165) is 0 Å². The number of carbonyl (C=O) groups is 2. The first-order valence-electron chi connectivity index (χ1n) is 6.05. The number of aryl methyl sites for hydroxylation is 1. The number of carboxylic acids is 1. The number of nitrogens with zero attached hydrogens (tertiary/aromatic N) is 1. The van der Waals surface area contributed by atoms with Gasteiger partial charge in [-0.25, -0.2) is 9.78 Å². The van der Waals surface area contributed by atoms with Crippen molar-refractivity contribution in [1.82, 2.24) is 10.3 Å². The van der Waals surface area contributed by atoms with E-state index in [1.165, 1.54) is 6.07 Å². The molecule has 2 N–H and O–H groups in total. The zero-order valence-corrected chi connectivity index (χ0v) is 10.9. The summed E-state index contributed by atoms with van der Waals surface area (Å²) in [7, 11) is 0. The Morgan fingerprint density at radius 3 is 2.75 bits per heavy atom. The van der Waals surface area contributed by atoms with Crippen LogP contribution in [0.5, 0.6) is 0 Å². The second kappa shape index (κ2) is 6.01. The SMILES string of the molecule is Cc1cnc(CNC(=O)Cc2ccccc2C(=O)O)o1. The lowest BCUT2D eigenvalue weighted by Gasteiger charge is -2.06. The molecule has 0 saturated heterocycles. The Bertz CT molecular complexity index is 634. The van der Waals surface area contributed by atoms with Gasteiger partial charge in [-0.15, -0.1) is 0 Å². The summed E-state index contributed by atoms with van der Waals surface area (Å²) in [5.41, 5.74) is 0.607. The highest BCUT2D eigenvalue weighted by Crippen LogP contribution is 2.09. The normalized spacial score (nSPS) is 10.2. The van der Waals surface area contributed by atoms with E-state index in [0.29, 0.717) is 17.2 Å². The smallest absolute Gasteiger partial charge is 0.335 e. The number of carboxylic acid groups (broad SMARTS) is 1. The summed E-state index contributed by atoms with van der Waals surface area (Å²) in [6, 6.07) is 6.42. The molecule has 2 aromatic rings. The van der Waals surface area contributed by atoms with E-state index in [9.17, 15) is 9.59 Å². The molecule has 0 spiro atoms. The summed E-state index contributed by atoms with van der Waals surface area (Å²) in [5, 5.41) is 11.7. The van der Waals surface area contributed by atoms with Crippen molar-refractivity contribution in [3.63, 3.8) is 0 Å². The monoisotopic (exact) mass is 274 g/mol. The third-order valence-electron chi connectivity index (χ3n) is 2.70. The molecular formula is C14H14N2O4.